The lowest BCUT2D eigenvalue weighted by atomic mass is 10.00. The summed E-state index contributed by atoms with van der Waals surface area (Å²) in [6.07, 6.45) is 6.44. The molecule has 0 spiro atoms. The zero-order chi connectivity index (χ0) is 18.0. The molecule has 152 valence electrons. The topological polar surface area (TPSA) is 42.9 Å². The van der Waals surface area contributed by atoms with Crippen molar-refractivity contribution in [3.8, 4) is 0 Å². The molecule has 1 aromatic carbocycles. The van der Waals surface area contributed by atoms with Crippen molar-refractivity contribution in [3.05, 3.63) is 35.4 Å². The van der Waals surface area contributed by atoms with Gasteiger partial charge in [0.1, 0.15) is 0 Å². The third-order valence-electron chi connectivity index (χ3n) is 5.55. The quantitative estimate of drug-likeness (QED) is 0.270. The first-order valence-electron chi connectivity index (χ1n) is 10.3. The van der Waals surface area contributed by atoms with Gasteiger partial charge in [-0.3, -0.25) is 9.89 Å². The van der Waals surface area contributed by atoms with E-state index in [9.17, 15) is 0 Å². The average molecular weight is 485 g/mol. The van der Waals surface area contributed by atoms with Gasteiger partial charge in [0.05, 0.1) is 0 Å². The van der Waals surface area contributed by atoms with Gasteiger partial charge >= 0.3 is 0 Å². The van der Waals surface area contributed by atoms with Crippen LogP contribution >= 0.6 is 24.0 Å². The third kappa shape index (κ3) is 7.58. The lowest BCUT2D eigenvalue weighted by Crippen LogP contribution is -2.43. The second kappa shape index (κ2) is 12.6. The number of fused-ring (bicyclic) bond motifs is 1. The number of piperidine rings is 1. The second-order valence-corrected chi connectivity index (χ2v) is 7.48. The van der Waals surface area contributed by atoms with Gasteiger partial charge in [-0.15, -0.1) is 24.0 Å². The van der Waals surface area contributed by atoms with Gasteiger partial charge in [-0.05, 0) is 49.9 Å². The summed E-state index contributed by atoms with van der Waals surface area (Å²) in [6, 6.07) is 8.85. The van der Waals surface area contributed by atoms with Crippen molar-refractivity contribution in [1.82, 2.24) is 20.4 Å². The highest BCUT2D eigenvalue weighted by molar-refractivity contribution is 14.0. The van der Waals surface area contributed by atoms with Gasteiger partial charge < -0.3 is 15.5 Å². The van der Waals surface area contributed by atoms with Gasteiger partial charge in [0.2, 0.25) is 0 Å². The van der Waals surface area contributed by atoms with Crippen LogP contribution in [0.15, 0.2) is 29.3 Å². The molecule has 0 aliphatic carbocycles. The number of guanidine groups is 1. The van der Waals surface area contributed by atoms with Gasteiger partial charge in [-0.25, -0.2) is 0 Å². The number of hydrogen-bond donors (Lipinski definition) is 2. The van der Waals surface area contributed by atoms with Gasteiger partial charge in [-0.1, -0.05) is 30.7 Å². The van der Waals surface area contributed by atoms with E-state index in [1.54, 1.807) is 0 Å². The van der Waals surface area contributed by atoms with Crippen LogP contribution in [-0.4, -0.2) is 68.6 Å². The van der Waals surface area contributed by atoms with Gasteiger partial charge in [0.15, 0.2) is 5.96 Å². The van der Waals surface area contributed by atoms with Crippen molar-refractivity contribution in [2.24, 2.45) is 4.99 Å². The van der Waals surface area contributed by atoms with Crippen molar-refractivity contribution in [1.29, 1.82) is 0 Å². The second-order valence-electron chi connectivity index (χ2n) is 7.48. The fourth-order valence-electron chi connectivity index (χ4n) is 3.99. The fraction of sp³-hybridized carbons (Fsp3) is 0.667. The minimum atomic E-state index is 0. The van der Waals surface area contributed by atoms with Crippen LogP contribution in [0.2, 0.25) is 0 Å². The summed E-state index contributed by atoms with van der Waals surface area (Å²) in [5.74, 6) is 0.936. The van der Waals surface area contributed by atoms with Crippen LogP contribution in [0.3, 0.4) is 0 Å². The van der Waals surface area contributed by atoms with E-state index in [0.717, 1.165) is 45.1 Å². The molecule has 0 unspecified atom stereocenters. The highest BCUT2D eigenvalue weighted by atomic mass is 127. The smallest absolute Gasteiger partial charge is 0.191 e. The first kappa shape index (κ1) is 22.4. The normalized spacial score (nSPS) is 18.5. The van der Waals surface area contributed by atoms with Crippen LogP contribution < -0.4 is 10.6 Å². The van der Waals surface area contributed by atoms with E-state index in [1.807, 2.05) is 7.05 Å². The zero-order valence-corrected chi connectivity index (χ0v) is 19.1. The number of nitrogens with zero attached hydrogens (tertiary/aromatic N) is 3. The molecule has 3 rings (SSSR count). The molecular weight excluding hydrogens is 449 g/mol. The molecule has 1 fully saturated rings. The third-order valence-corrected chi connectivity index (χ3v) is 5.55. The maximum Gasteiger partial charge on any atom is 0.191 e. The largest absolute Gasteiger partial charge is 0.356 e. The van der Waals surface area contributed by atoms with Crippen LogP contribution in [0.25, 0.3) is 0 Å². The minimum absolute atomic E-state index is 0. The van der Waals surface area contributed by atoms with E-state index in [4.69, 9.17) is 0 Å². The van der Waals surface area contributed by atoms with E-state index in [2.05, 4.69) is 49.7 Å². The maximum atomic E-state index is 4.35. The Morgan fingerprint density at radius 1 is 0.926 bits per heavy atom. The van der Waals surface area contributed by atoms with Crippen molar-refractivity contribution < 1.29 is 0 Å². The lowest BCUT2D eigenvalue weighted by molar-refractivity contribution is 0.232. The molecule has 2 aliphatic heterocycles. The summed E-state index contributed by atoms with van der Waals surface area (Å²) >= 11 is 0. The monoisotopic (exact) mass is 485 g/mol. The van der Waals surface area contributed by atoms with Crippen LogP contribution in [0.4, 0.5) is 0 Å². The number of aliphatic imine (C=N–C) groups is 1. The molecule has 1 aromatic rings. The Morgan fingerprint density at radius 3 is 2.44 bits per heavy atom. The highest BCUT2D eigenvalue weighted by Crippen LogP contribution is 2.18. The van der Waals surface area contributed by atoms with Crippen LogP contribution in [-0.2, 0) is 13.0 Å². The molecule has 0 amide bonds. The van der Waals surface area contributed by atoms with E-state index < -0.39 is 0 Å². The summed E-state index contributed by atoms with van der Waals surface area (Å²) < 4.78 is 0. The van der Waals surface area contributed by atoms with Crippen molar-refractivity contribution in [2.75, 3.05) is 52.9 Å². The molecule has 1 saturated heterocycles. The van der Waals surface area contributed by atoms with Gasteiger partial charge in [-0.2, -0.15) is 0 Å². The summed E-state index contributed by atoms with van der Waals surface area (Å²) in [4.78, 5) is 9.47. The number of halogens is 1. The Labute approximate surface area is 182 Å². The van der Waals surface area contributed by atoms with Crippen molar-refractivity contribution in [3.63, 3.8) is 0 Å². The summed E-state index contributed by atoms with van der Waals surface area (Å²) in [6.45, 7) is 9.00. The number of hydrogen-bond acceptors (Lipinski definition) is 3. The Morgan fingerprint density at radius 2 is 1.67 bits per heavy atom. The molecule has 2 aliphatic rings. The lowest BCUT2D eigenvalue weighted by Gasteiger charge is -2.28. The van der Waals surface area contributed by atoms with Crippen LogP contribution in [0, 0.1) is 0 Å². The Bertz CT molecular complexity index is 571. The molecule has 0 aromatic heterocycles. The predicted octanol–water partition coefficient (Wildman–Crippen LogP) is 2.70. The van der Waals surface area contributed by atoms with E-state index >= 15 is 0 Å². The molecule has 0 bridgehead atoms. The van der Waals surface area contributed by atoms with Crippen molar-refractivity contribution in [2.45, 2.75) is 38.6 Å². The molecular formula is C21H36IN5. The van der Waals surface area contributed by atoms with Gasteiger partial charge in [0, 0.05) is 46.3 Å². The first-order chi connectivity index (χ1) is 12.8. The molecule has 0 radical (unpaired) electrons. The predicted molar refractivity (Wildman–Crippen MR) is 125 cm³/mol. The number of rotatable bonds is 7. The highest BCUT2D eigenvalue weighted by Gasteiger charge is 2.15. The summed E-state index contributed by atoms with van der Waals surface area (Å²) in [5.41, 5.74) is 3.03. The standard InChI is InChI=1S/C21H35N5.HI/c1-22-21(24-12-17-25-13-5-2-6-14-25)23-11-7-15-26-16-10-19-8-3-4-9-20(19)18-26;/h3-4,8-9H,2,5-7,10-18H2,1H3,(H2,22,23,24);1H. The average Bonchev–Trinajstić information content (AvgIpc) is 2.70. The molecule has 27 heavy (non-hydrogen) atoms. The number of likely N-dealkylation sites (tertiary alicyclic amines) is 1. The Balaban J connectivity index is 0.00000261. The molecule has 5 nitrogen and oxygen atoms in total. The van der Waals surface area contributed by atoms with E-state index in [0.29, 0.717) is 0 Å². The number of nitrogens with one attached hydrogen (secondary N) is 2. The molecule has 2 N–H and O–H groups in total. The fourth-order valence-corrected chi connectivity index (χ4v) is 3.99. The number of benzene rings is 1. The van der Waals surface area contributed by atoms with Crippen LogP contribution in [0.1, 0.15) is 36.8 Å². The molecule has 0 saturated carbocycles. The maximum absolute atomic E-state index is 4.35. The first-order valence-corrected chi connectivity index (χ1v) is 10.3. The SMILES string of the molecule is CN=C(NCCCN1CCc2ccccc2C1)NCCN1CCCCC1.I. The molecule has 6 heteroatoms. The summed E-state index contributed by atoms with van der Waals surface area (Å²) in [5, 5.41) is 6.91. The summed E-state index contributed by atoms with van der Waals surface area (Å²) in [7, 11) is 1.86. The van der Waals surface area contributed by atoms with E-state index in [-0.39, 0.29) is 24.0 Å². The minimum Gasteiger partial charge on any atom is -0.356 e. The molecule has 2 heterocycles. The zero-order valence-electron chi connectivity index (χ0n) is 16.8. The van der Waals surface area contributed by atoms with Gasteiger partial charge in [0.25, 0.3) is 0 Å². The Kier molecular flexibility index (Phi) is 10.4. The van der Waals surface area contributed by atoms with Crippen molar-refractivity contribution >= 4 is 29.9 Å². The van der Waals surface area contributed by atoms with Crippen LogP contribution in [0.5, 0.6) is 0 Å². The molecule has 0 atom stereocenters. The Hall–Kier alpha value is -0.860. The van der Waals surface area contributed by atoms with E-state index in [1.165, 1.54) is 56.4 Å².